The van der Waals surface area contributed by atoms with Crippen LogP contribution in [0.3, 0.4) is 0 Å². The predicted molar refractivity (Wildman–Crippen MR) is 78.1 cm³/mol. The minimum absolute atomic E-state index is 0.230. The third-order valence-electron chi connectivity index (χ3n) is 3.50. The van der Waals surface area contributed by atoms with Crippen molar-refractivity contribution in [2.75, 3.05) is 0 Å². The average Bonchev–Trinajstić information content (AvgIpc) is 2.98. The molecular formula is C17H8F4N2O2. The van der Waals surface area contributed by atoms with Gasteiger partial charge in [-0.05, 0) is 30.3 Å². The number of aromatic nitrogens is 1. The number of benzene rings is 2. The normalized spacial score (nSPS) is 12.8. The van der Waals surface area contributed by atoms with Crippen LogP contribution < -0.4 is 0 Å². The van der Waals surface area contributed by atoms with E-state index in [2.05, 4.69) is 4.98 Å². The van der Waals surface area contributed by atoms with Crippen molar-refractivity contribution in [2.24, 2.45) is 0 Å². The molecule has 0 amide bonds. The standard InChI is InChI=1S/C17H8F4N2O2/c18-12-6-5-9(7-11(12)17(19,20)21)15(24)10(8-22)16-23-13-3-1-2-4-14(13)25-16/h1-7,10H/t10-/m0/s1. The van der Waals surface area contributed by atoms with E-state index in [9.17, 15) is 27.6 Å². The van der Waals surface area contributed by atoms with Crippen molar-refractivity contribution in [3.8, 4) is 6.07 Å². The molecule has 0 spiro atoms. The van der Waals surface area contributed by atoms with Gasteiger partial charge in [-0.25, -0.2) is 9.37 Å². The lowest BCUT2D eigenvalue weighted by molar-refractivity contribution is -0.140. The summed E-state index contributed by atoms with van der Waals surface area (Å²) in [4.78, 5) is 16.4. The van der Waals surface area contributed by atoms with Crippen LogP contribution in [0.4, 0.5) is 17.6 Å². The van der Waals surface area contributed by atoms with E-state index in [1.54, 1.807) is 30.3 Å². The molecule has 4 nitrogen and oxygen atoms in total. The highest BCUT2D eigenvalue weighted by Crippen LogP contribution is 2.33. The molecule has 3 rings (SSSR count). The summed E-state index contributed by atoms with van der Waals surface area (Å²) in [5, 5.41) is 9.25. The van der Waals surface area contributed by atoms with Crippen LogP contribution in [0, 0.1) is 17.1 Å². The molecule has 3 aromatic rings. The first-order chi connectivity index (χ1) is 11.8. The van der Waals surface area contributed by atoms with Gasteiger partial charge in [0.1, 0.15) is 11.3 Å². The Labute approximate surface area is 138 Å². The second kappa shape index (κ2) is 6.02. The molecule has 1 aromatic heterocycles. The number of hydrogen-bond acceptors (Lipinski definition) is 4. The van der Waals surface area contributed by atoms with Crippen molar-refractivity contribution in [2.45, 2.75) is 12.1 Å². The van der Waals surface area contributed by atoms with Gasteiger partial charge in [-0.3, -0.25) is 4.79 Å². The van der Waals surface area contributed by atoms with Gasteiger partial charge in [0.25, 0.3) is 0 Å². The molecule has 1 heterocycles. The van der Waals surface area contributed by atoms with Gasteiger partial charge in [0.05, 0.1) is 11.6 Å². The Kier molecular flexibility index (Phi) is 4.00. The second-order valence-corrected chi connectivity index (χ2v) is 5.14. The fourth-order valence-corrected chi connectivity index (χ4v) is 2.30. The van der Waals surface area contributed by atoms with Gasteiger partial charge in [0.15, 0.2) is 17.3 Å². The Balaban J connectivity index is 2.02. The number of nitriles is 1. The van der Waals surface area contributed by atoms with E-state index in [1.165, 1.54) is 0 Å². The maximum atomic E-state index is 13.3. The van der Waals surface area contributed by atoms with Crippen LogP contribution in [0.1, 0.15) is 27.7 Å². The number of carbonyl (C=O) groups excluding carboxylic acids is 1. The number of alkyl halides is 3. The van der Waals surface area contributed by atoms with E-state index in [0.29, 0.717) is 23.2 Å². The van der Waals surface area contributed by atoms with Crippen LogP contribution in [0.25, 0.3) is 11.1 Å². The van der Waals surface area contributed by atoms with Crippen molar-refractivity contribution in [1.82, 2.24) is 4.98 Å². The number of oxazole rings is 1. The van der Waals surface area contributed by atoms with Crippen LogP contribution in [0.5, 0.6) is 0 Å². The molecule has 0 saturated carbocycles. The molecule has 1 atom stereocenters. The molecule has 0 bridgehead atoms. The van der Waals surface area contributed by atoms with Crippen molar-refractivity contribution >= 4 is 16.9 Å². The summed E-state index contributed by atoms with van der Waals surface area (Å²) in [6.45, 7) is 0. The van der Waals surface area contributed by atoms with Crippen LogP contribution in [-0.2, 0) is 6.18 Å². The molecule has 0 unspecified atom stereocenters. The number of halogens is 4. The number of fused-ring (bicyclic) bond motifs is 1. The maximum Gasteiger partial charge on any atom is 0.419 e. The number of hydrogen-bond donors (Lipinski definition) is 0. The van der Waals surface area contributed by atoms with Gasteiger partial charge >= 0.3 is 6.18 Å². The number of para-hydroxylation sites is 2. The second-order valence-electron chi connectivity index (χ2n) is 5.14. The summed E-state index contributed by atoms with van der Waals surface area (Å²) in [6.07, 6.45) is -4.96. The highest BCUT2D eigenvalue weighted by molar-refractivity contribution is 6.02. The minimum Gasteiger partial charge on any atom is -0.439 e. The summed E-state index contributed by atoms with van der Waals surface area (Å²) < 4.78 is 57.1. The van der Waals surface area contributed by atoms with Gasteiger partial charge in [0.2, 0.25) is 5.89 Å². The molecule has 0 aliphatic rings. The summed E-state index contributed by atoms with van der Waals surface area (Å²) >= 11 is 0. The largest absolute Gasteiger partial charge is 0.439 e. The van der Waals surface area contributed by atoms with Crippen LogP contribution in [0.15, 0.2) is 46.9 Å². The monoisotopic (exact) mass is 348 g/mol. The number of rotatable bonds is 3. The molecule has 0 aliphatic carbocycles. The van der Waals surface area contributed by atoms with Crippen molar-refractivity contribution in [3.63, 3.8) is 0 Å². The molecule has 0 radical (unpaired) electrons. The SMILES string of the molecule is N#C[C@@H](C(=O)c1ccc(F)c(C(F)(F)F)c1)c1nc2ccccc2o1. The molecule has 0 fully saturated rings. The van der Waals surface area contributed by atoms with Gasteiger partial charge in [0, 0.05) is 5.56 Å². The Hall–Kier alpha value is -3.21. The predicted octanol–water partition coefficient (Wildman–Crippen LogP) is 4.48. The lowest BCUT2D eigenvalue weighted by Crippen LogP contribution is -2.15. The first-order valence-electron chi connectivity index (χ1n) is 6.97. The molecule has 0 N–H and O–H groups in total. The van der Waals surface area contributed by atoms with Crippen molar-refractivity contribution < 1.29 is 26.8 Å². The first kappa shape index (κ1) is 16.6. The molecule has 0 saturated heterocycles. The first-order valence-corrected chi connectivity index (χ1v) is 6.97. The zero-order chi connectivity index (χ0) is 18.2. The summed E-state index contributed by atoms with van der Waals surface area (Å²) in [5.74, 6) is -4.23. The van der Waals surface area contributed by atoms with Crippen molar-refractivity contribution in [1.29, 1.82) is 5.26 Å². The number of Topliss-reactive ketones (excluding diaryl/α,β-unsaturated/α-hetero) is 1. The number of carbonyl (C=O) groups is 1. The van der Waals surface area contributed by atoms with Crippen LogP contribution >= 0.6 is 0 Å². The quantitative estimate of drug-likeness (QED) is 0.517. The molecule has 0 aliphatic heterocycles. The van der Waals surface area contributed by atoms with E-state index >= 15 is 0 Å². The van der Waals surface area contributed by atoms with Gasteiger partial charge in [-0.2, -0.15) is 18.4 Å². The zero-order valence-electron chi connectivity index (χ0n) is 12.3. The lowest BCUT2D eigenvalue weighted by Gasteiger charge is -2.10. The fourth-order valence-electron chi connectivity index (χ4n) is 2.30. The third kappa shape index (κ3) is 3.08. The molecular weight excluding hydrogens is 340 g/mol. The highest BCUT2D eigenvalue weighted by atomic mass is 19.4. The van der Waals surface area contributed by atoms with Crippen LogP contribution in [-0.4, -0.2) is 10.8 Å². The van der Waals surface area contributed by atoms with Gasteiger partial charge < -0.3 is 4.42 Å². The van der Waals surface area contributed by atoms with E-state index in [4.69, 9.17) is 4.42 Å². The fraction of sp³-hybridized carbons (Fsp3) is 0.118. The summed E-state index contributed by atoms with van der Waals surface area (Å²) in [7, 11) is 0. The number of nitrogens with zero attached hydrogens (tertiary/aromatic N) is 2. The van der Waals surface area contributed by atoms with E-state index in [0.717, 1.165) is 6.07 Å². The van der Waals surface area contributed by atoms with Gasteiger partial charge in [-0.15, -0.1) is 0 Å². The molecule has 25 heavy (non-hydrogen) atoms. The number of ketones is 1. The highest BCUT2D eigenvalue weighted by Gasteiger charge is 2.36. The summed E-state index contributed by atoms with van der Waals surface area (Å²) in [5.41, 5.74) is -1.29. The third-order valence-corrected chi connectivity index (χ3v) is 3.50. The Morgan fingerprint density at radius 2 is 1.92 bits per heavy atom. The zero-order valence-corrected chi connectivity index (χ0v) is 12.3. The molecule has 2 aromatic carbocycles. The smallest absolute Gasteiger partial charge is 0.419 e. The average molecular weight is 348 g/mol. The van der Waals surface area contributed by atoms with Crippen molar-refractivity contribution in [3.05, 3.63) is 65.3 Å². The minimum atomic E-state index is -4.96. The van der Waals surface area contributed by atoms with E-state index < -0.39 is 34.8 Å². The van der Waals surface area contributed by atoms with Gasteiger partial charge in [-0.1, -0.05) is 12.1 Å². The van der Waals surface area contributed by atoms with E-state index in [1.807, 2.05) is 0 Å². The Morgan fingerprint density at radius 3 is 2.56 bits per heavy atom. The summed E-state index contributed by atoms with van der Waals surface area (Å²) in [6, 6.07) is 9.98. The Bertz CT molecular complexity index is 969. The lowest BCUT2D eigenvalue weighted by atomic mass is 9.97. The Morgan fingerprint density at radius 1 is 1.20 bits per heavy atom. The van der Waals surface area contributed by atoms with Crippen LogP contribution in [0.2, 0.25) is 0 Å². The molecule has 126 valence electrons. The topological polar surface area (TPSA) is 66.9 Å². The van der Waals surface area contributed by atoms with E-state index in [-0.39, 0.29) is 5.89 Å². The molecule has 8 heteroatoms. The maximum absolute atomic E-state index is 13.3.